The van der Waals surface area contributed by atoms with Crippen LogP contribution in [0.4, 0.5) is 17.3 Å². The van der Waals surface area contributed by atoms with E-state index in [-0.39, 0.29) is 0 Å². The van der Waals surface area contributed by atoms with E-state index in [2.05, 4.69) is 53.0 Å². The van der Waals surface area contributed by atoms with E-state index in [0.29, 0.717) is 5.82 Å². The summed E-state index contributed by atoms with van der Waals surface area (Å²) in [6.07, 6.45) is 3.43. The zero-order chi connectivity index (χ0) is 13.8. The van der Waals surface area contributed by atoms with Gasteiger partial charge in [-0.2, -0.15) is 0 Å². The van der Waals surface area contributed by atoms with Crippen LogP contribution in [-0.4, -0.2) is 17.0 Å². The second kappa shape index (κ2) is 5.69. The second-order valence-electron chi connectivity index (χ2n) is 4.71. The van der Waals surface area contributed by atoms with Gasteiger partial charge in [0.15, 0.2) is 0 Å². The van der Waals surface area contributed by atoms with Gasteiger partial charge in [0, 0.05) is 18.3 Å². The number of aromatic nitrogens is 2. The van der Waals surface area contributed by atoms with Crippen molar-refractivity contribution in [3.63, 3.8) is 0 Å². The average molecular weight is 256 g/mol. The largest absolute Gasteiger partial charge is 0.383 e. The van der Waals surface area contributed by atoms with Gasteiger partial charge < -0.3 is 10.6 Å². The van der Waals surface area contributed by atoms with E-state index in [0.717, 1.165) is 29.9 Å². The Morgan fingerprint density at radius 1 is 1.16 bits per heavy atom. The van der Waals surface area contributed by atoms with Gasteiger partial charge in [-0.1, -0.05) is 31.0 Å². The Kier molecular flexibility index (Phi) is 4.00. The fourth-order valence-electron chi connectivity index (χ4n) is 2.09. The van der Waals surface area contributed by atoms with Gasteiger partial charge in [0.1, 0.15) is 18.0 Å². The van der Waals surface area contributed by atoms with Gasteiger partial charge >= 0.3 is 0 Å². The topological polar surface area (TPSA) is 55.0 Å². The van der Waals surface area contributed by atoms with Gasteiger partial charge in [-0.05, 0) is 25.5 Å². The quantitative estimate of drug-likeness (QED) is 0.913. The van der Waals surface area contributed by atoms with E-state index in [1.165, 1.54) is 11.9 Å². The monoisotopic (exact) mass is 256 g/mol. The fourth-order valence-corrected chi connectivity index (χ4v) is 2.09. The van der Waals surface area contributed by atoms with E-state index < -0.39 is 0 Å². The smallest absolute Gasteiger partial charge is 0.141 e. The highest BCUT2D eigenvalue weighted by Crippen LogP contribution is 2.28. The minimum absolute atomic E-state index is 0.575. The molecular weight excluding hydrogens is 236 g/mol. The number of hydrogen-bond donors (Lipinski definition) is 1. The zero-order valence-corrected chi connectivity index (χ0v) is 11.7. The third-order valence-electron chi connectivity index (χ3n) is 3.19. The summed E-state index contributed by atoms with van der Waals surface area (Å²) in [5.74, 6) is 1.46. The summed E-state index contributed by atoms with van der Waals surface area (Å²) in [4.78, 5) is 10.5. The van der Waals surface area contributed by atoms with Crippen molar-refractivity contribution in [3.8, 4) is 0 Å². The second-order valence-corrected chi connectivity index (χ2v) is 4.71. The van der Waals surface area contributed by atoms with E-state index in [4.69, 9.17) is 5.73 Å². The van der Waals surface area contributed by atoms with Crippen LogP contribution in [0.5, 0.6) is 0 Å². The number of nitrogens with two attached hydrogens (primary N) is 1. The number of hydrogen-bond acceptors (Lipinski definition) is 4. The Morgan fingerprint density at radius 3 is 2.47 bits per heavy atom. The molecule has 2 N–H and O–H groups in total. The molecule has 0 aliphatic heterocycles. The molecule has 0 bridgehead atoms. The molecule has 100 valence electrons. The van der Waals surface area contributed by atoms with Crippen LogP contribution in [0.2, 0.25) is 0 Å². The van der Waals surface area contributed by atoms with Crippen LogP contribution < -0.4 is 10.6 Å². The lowest BCUT2D eigenvalue weighted by Crippen LogP contribution is -2.15. The van der Waals surface area contributed by atoms with Crippen LogP contribution in [0.25, 0.3) is 0 Å². The van der Waals surface area contributed by atoms with Crippen molar-refractivity contribution in [1.29, 1.82) is 0 Å². The van der Waals surface area contributed by atoms with E-state index in [1.54, 1.807) is 0 Å². The maximum Gasteiger partial charge on any atom is 0.141 e. The molecule has 0 aliphatic carbocycles. The summed E-state index contributed by atoms with van der Waals surface area (Å²) < 4.78 is 0. The number of benzene rings is 1. The van der Waals surface area contributed by atoms with Crippen molar-refractivity contribution in [2.45, 2.75) is 26.7 Å². The van der Waals surface area contributed by atoms with Gasteiger partial charge in [-0.15, -0.1) is 0 Å². The molecule has 0 saturated carbocycles. The van der Waals surface area contributed by atoms with Crippen LogP contribution >= 0.6 is 0 Å². The maximum absolute atomic E-state index is 5.97. The molecule has 0 atom stereocenters. The molecule has 1 aromatic heterocycles. The van der Waals surface area contributed by atoms with Gasteiger partial charge in [0.2, 0.25) is 0 Å². The summed E-state index contributed by atoms with van der Waals surface area (Å²) in [6.45, 7) is 4.21. The van der Waals surface area contributed by atoms with Gasteiger partial charge in [0.05, 0.1) is 0 Å². The first-order valence-electron chi connectivity index (χ1n) is 6.53. The van der Waals surface area contributed by atoms with Crippen molar-refractivity contribution >= 4 is 17.3 Å². The SMILES string of the molecule is CCCc1c(N)ncnc1N(C)c1ccc(C)cc1. The lowest BCUT2D eigenvalue weighted by molar-refractivity contribution is 0.896. The van der Waals surface area contributed by atoms with Gasteiger partial charge in [-0.25, -0.2) is 9.97 Å². The molecule has 1 aromatic carbocycles. The van der Waals surface area contributed by atoms with Crippen LogP contribution in [0, 0.1) is 6.92 Å². The Balaban J connectivity index is 2.40. The van der Waals surface area contributed by atoms with Crippen LogP contribution in [-0.2, 0) is 6.42 Å². The molecule has 4 nitrogen and oxygen atoms in total. The first-order valence-corrected chi connectivity index (χ1v) is 6.53. The van der Waals surface area contributed by atoms with E-state index >= 15 is 0 Å². The minimum Gasteiger partial charge on any atom is -0.383 e. The van der Waals surface area contributed by atoms with Crippen LogP contribution in [0.1, 0.15) is 24.5 Å². The normalized spacial score (nSPS) is 10.5. The molecule has 0 spiro atoms. The predicted molar refractivity (Wildman–Crippen MR) is 79.7 cm³/mol. The van der Waals surface area contributed by atoms with Crippen molar-refractivity contribution in [3.05, 3.63) is 41.7 Å². The fraction of sp³-hybridized carbons (Fsp3) is 0.333. The van der Waals surface area contributed by atoms with E-state index in [9.17, 15) is 0 Å². The molecule has 19 heavy (non-hydrogen) atoms. The van der Waals surface area contributed by atoms with Crippen molar-refractivity contribution in [2.24, 2.45) is 0 Å². The van der Waals surface area contributed by atoms with Gasteiger partial charge in [0.25, 0.3) is 0 Å². The number of anilines is 3. The highest BCUT2D eigenvalue weighted by atomic mass is 15.2. The van der Waals surface area contributed by atoms with Crippen molar-refractivity contribution in [2.75, 3.05) is 17.7 Å². The summed E-state index contributed by atoms with van der Waals surface area (Å²) in [7, 11) is 2.01. The van der Waals surface area contributed by atoms with Gasteiger partial charge in [-0.3, -0.25) is 0 Å². The van der Waals surface area contributed by atoms with Crippen molar-refractivity contribution < 1.29 is 0 Å². The molecule has 0 fully saturated rings. The molecule has 0 amide bonds. The molecule has 2 aromatic rings. The predicted octanol–water partition coefficient (Wildman–Crippen LogP) is 3.09. The Bertz CT molecular complexity index is 549. The molecule has 4 heteroatoms. The molecule has 2 rings (SSSR count). The molecule has 0 radical (unpaired) electrons. The Hall–Kier alpha value is -2.10. The van der Waals surface area contributed by atoms with Crippen LogP contribution in [0.15, 0.2) is 30.6 Å². The Morgan fingerprint density at radius 2 is 1.84 bits per heavy atom. The third-order valence-corrected chi connectivity index (χ3v) is 3.19. The number of nitrogen functional groups attached to an aromatic ring is 1. The molecule has 0 saturated heterocycles. The third kappa shape index (κ3) is 2.84. The zero-order valence-electron chi connectivity index (χ0n) is 11.7. The first-order chi connectivity index (χ1) is 9.13. The standard InChI is InChI=1S/C15H20N4/c1-4-5-13-14(16)17-10-18-15(13)19(3)12-8-6-11(2)7-9-12/h6-10H,4-5H2,1-3H3,(H2,16,17,18). The molecule has 0 aliphatic rings. The summed E-state index contributed by atoms with van der Waals surface area (Å²) in [5, 5.41) is 0. The highest BCUT2D eigenvalue weighted by Gasteiger charge is 2.13. The molecular formula is C15H20N4. The number of rotatable bonds is 4. The average Bonchev–Trinajstić information content (AvgIpc) is 2.41. The summed E-state index contributed by atoms with van der Waals surface area (Å²) in [6, 6.07) is 8.36. The lowest BCUT2D eigenvalue weighted by Gasteiger charge is -2.21. The maximum atomic E-state index is 5.97. The summed E-state index contributed by atoms with van der Waals surface area (Å²) >= 11 is 0. The number of nitrogens with zero attached hydrogens (tertiary/aromatic N) is 3. The summed E-state index contributed by atoms with van der Waals surface area (Å²) in [5.41, 5.74) is 9.33. The van der Waals surface area contributed by atoms with E-state index in [1.807, 2.05) is 7.05 Å². The molecule has 1 heterocycles. The Labute approximate surface area is 114 Å². The molecule has 0 unspecified atom stereocenters. The first kappa shape index (κ1) is 13.3. The highest BCUT2D eigenvalue weighted by molar-refractivity contribution is 5.66. The lowest BCUT2D eigenvalue weighted by atomic mass is 10.1. The number of aryl methyl sites for hydroxylation is 1. The minimum atomic E-state index is 0.575. The van der Waals surface area contributed by atoms with Crippen LogP contribution in [0.3, 0.4) is 0 Å². The van der Waals surface area contributed by atoms with Crippen molar-refractivity contribution in [1.82, 2.24) is 9.97 Å².